The summed E-state index contributed by atoms with van der Waals surface area (Å²) in [6.07, 6.45) is 10.7. The third-order valence-electron chi connectivity index (χ3n) is 6.24. The molecule has 0 aliphatic carbocycles. The lowest BCUT2D eigenvalue weighted by Gasteiger charge is -2.34. The molecule has 0 radical (unpaired) electrons. The van der Waals surface area contributed by atoms with Crippen molar-refractivity contribution in [3.8, 4) is 0 Å². The third-order valence-corrected chi connectivity index (χ3v) is 6.24. The largest absolute Gasteiger partial charge is 0.479 e. The minimum atomic E-state index is -1.78. The maximum Gasteiger partial charge on any atom is 0.337 e. The second kappa shape index (κ2) is 13.8. The summed E-state index contributed by atoms with van der Waals surface area (Å²) in [5.74, 6) is -2.02. The first-order chi connectivity index (χ1) is 14.3. The summed E-state index contributed by atoms with van der Waals surface area (Å²) in [5, 5.41) is 9.95. The van der Waals surface area contributed by atoms with E-state index in [2.05, 4.69) is 13.8 Å². The first-order valence-electron chi connectivity index (χ1n) is 11.9. The fourth-order valence-electron chi connectivity index (χ4n) is 4.40. The van der Waals surface area contributed by atoms with E-state index in [-0.39, 0.29) is 43.8 Å². The highest BCUT2D eigenvalue weighted by Crippen LogP contribution is 2.33. The Morgan fingerprint density at radius 3 is 2.03 bits per heavy atom. The molecule has 0 aromatic carbocycles. The van der Waals surface area contributed by atoms with Gasteiger partial charge in [-0.3, -0.25) is 9.59 Å². The van der Waals surface area contributed by atoms with Gasteiger partial charge >= 0.3 is 5.97 Å². The van der Waals surface area contributed by atoms with Crippen molar-refractivity contribution < 1.29 is 19.5 Å². The molecule has 0 aromatic heterocycles. The number of ketones is 1. The summed E-state index contributed by atoms with van der Waals surface area (Å²) in [5.41, 5.74) is 10.5. The lowest BCUT2D eigenvalue weighted by Crippen LogP contribution is -2.59. The normalized spacial score (nSPS) is 20.9. The number of unbranched alkanes of at least 4 members (excludes halogenated alkanes) is 6. The van der Waals surface area contributed by atoms with Crippen LogP contribution in [-0.2, 0) is 14.4 Å². The molecule has 3 atom stereocenters. The fraction of sp³-hybridized carbons (Fsp3) is 0.870. The van der Waals surface area contributed by atoms with Crippen molar-refractivity contribution in [2.45, 2.75) is 121 Å². The van der Waals surface area contributed by atoms with Crippen LogP contribution in [-0.4, -0.2) is 51.8 Å². The molecule has 1 aliphatic heterocycles. The van der Waals surface area contributed by atoms with Crippen molar-refractivity contribution in [1.29, 1.82) is 0 Å². The summed E-state index contributed by atoms with van der Waals surface area (Å²) < 4.78 is 0. The van der Waals surface area contributed by atoms with Gasteiger partial charge in [-0.1, -0.05) is 65.2 Å². The van der Waals surface area contributed by atoms with Crippen LogP contribution < -0.4 is 11.5 Å². The van der Waals surface area contributed by atoms with Gasteiger partial charge in [-0.05, 0) is 25.7 Å². The molecule has 0 spiro atoms. The molecule has 1 fully saturated rings. The monoisotopic (exact) mass is 425 g/mol. The predicted molar refractivity (Wildman–Crippen MR) is 119 cm³/mol. The van der Waals surface area contributed by atoms with E-state index in [1.807, 2.05) is 0 Å². The summed E-state index contributed by atoms with van der Waals surface area (Å²) in [4.78, 5) is 39.4. The number of likely N-dealkylation sites (tertiary alicyclic amines) is 1. The van der Waals surface area contributed by atoms with E-state index in [0.717, 1.165) is 38.5 Å². The number of carbonyl (C=O) groups is 3. The maximum atomic E-state index is 13.0. The summed E-state index contributed by atoms with van der Waals surface area (Å²) in [6.45, 7) is 4.54. The lowest BCUT2D eigenvalue weighted by atomic mass is 9.86. The number of hydrogen-bond donors (Lipinski definition) is 3. The molecular formula is C23H43N3O4. The van der Waals surface area contributed by atoms with Crippen molar-refractivity contribution in [3.63, 3.8) is 0 Å². The highest BCUT2D eigenvalue weighted by molar-refractivity contribution is 6.10. The molecule has 1 aliphatic rings. The lowest BCUT2D eigenvalue weighted by molar-refractivity contribution is -0.162. The number of carboxylic acid groups (broad SMARTS) is 1. The van der Waals surface area contributed by atoms with E-state index in [1.165, 1.54) is 24.2 Å². The standard InChI is InChI=1S/C23H43N3O4/c1-3-5-7-8-10-13-19(25)17-21(28)26-15-11-14-23(26,22(29)30)20(27)16-18(24)12-9-6-4-2/h18-19H,3-17,24-25H2,1-2H3,(H,29,30)/t18?,19-,23-/m0/s1. The van der Waals surface area contributed by atoms with Gasteiger partial charge in [-0.2, -0.15) is 0 Å². The Kier molecular flexibility index (Phi) is 12.2. The maximum absolute atomic E-state index is 13.0. The Bertz CT molecular complexity index is 555. The summed E-state index contributed by atoms with van der Waals surface area (Å²) in [6, 6.07) is -0.680. The highest BCUT2D eigenvalue weighted by Gasteiger charge is 2.55. The molecule has 0 bridgehead atoms. The number of nitrogens with two attached hydrogens (primary N) is 2. The van der Waals surface area contributed by atoms with Gasteiger partial charge in [0.25, 0.3) is 0 Å². The molecule has 7 nitrogen and oxygen atoms in total. The molecule has 174 valence electrons. The van der Waals surface area contributed by atoms with Crippen LogP contribution in [0.15, 0.2) is 0 Å². The molecule has 30 heavy (non-hydrogen) atoms. The first kappa shape index (κ1) is 26.6. The molecule has 1 saturated heterocycles. The van der Waals surface area contributed by atoms with Gasteiger partial charge in [0.15, 0.2) is 11.3 Å². The minimum Gasteiger partial charge on any atom is -0.479 e. The Balaban J connectivity index is 2.71. The Hall–Kier alpha value is -1.47. The molecule has 0 aromatic rings. The summed E-state index contributed by atoms with van der Waals surface area (Å²) >= 11 is 0. The zero-order valence-electron chi connectivity index (χ0n) is 19.0. The van der Waals surface area contributed by atoms with Crippen molar-refractivity contribution in [2.24, 2.45) is 11.5 Å². The Morgan fingerprint density at radius 2 is 1.43 bits per heavy atom. The van der Waals surface area contributed by atoms with Crippen LogP contribution in [0.1, 0.15) is 104 Å². The Morgan fingerprint density at radius 1 is 0.900 bits per heavy atom. The molecule has 7 heteroatoms. The van der Waals surface area contributed by atoms with E-state index in [0.29, 0.717) is 12.8 Å². The van der Waals surface area contributed by atoms with E-state index in [9.17, 15) is 19.5 Å². The van der Waals surface area contributed by atoms with Gasteiger partial charge in [-0.15, -0.1) is 0 Å². The third kappa shape index (κ3) is 7.65. The van der Waals surface area contributed by atoms with Crippen molar-refractivity contribution in [1.82, 2.24) is 4.90 Å². The quantitative estimate of drug-likeness (QED) is 0.257. The van der Waals surface area contributed by atoms with E-state index >= 15 is 0 Å². The molecule has 1 rings (SSSR count). The predicted octanol–water partition coefficient (Wildman–Crippen LogP) is 3.38. The minimum absolute atomic E-state index is 0.0106. The van der Waals surface area contributed by atoms with Crippen molar-refractivity contribution >= 4 is 17.7 Å². The first-order valence-corrected chi connectivity index (χ1v) is 11.9. The Labute approximate surface area is 181 Å². The number of hydrogen-bond acceptors (Lipinski definition) is 5. The van der Waals surface area contributed by atoms with E-state index < -0.39 is 17.3 Å². The van der Waals surface area contributed by atoms with Crippen molar-refractivity contribution in [3.05, 3.63) is 0 Å². The average molecular weight is 426 g/mol. The SMILES string of the molecule is CCCCCCC[C@H](N)CC(=O)N1CCC[C@@]1(C(=O)O)C(=O)CC(N)CCCCC. The number of carbonyl (C=O) groups excluding carboxylic acids is 2. The molecule has 5 N–H and O–H groups in total. The molecule has 0 saturated carbocycles. The van der Waals surface area contributed by atoms with Crippen LogP contribution in [0.2, 0.25) is 0 Å². The average Bonchev–Trinajstić information content (AvgIpc) is 3.14. The van der Waals surface area contributed by atoms with Gasteiger partial charge in [0.2, 0.25) is 5.91 Å². The number of carboxylic acids is 1. The number of nitrogens with zero attached hydrogens (tertiary/aromatic N) is 1. The molecule has 1 unspecified atom stereocenters. The smallest absolute Gasteiger partial charge is 0.337 e. The van der Waals surface area contributed by atoms with Crippen LogP contribution in [0.4, 0.5) is 0 Å². The fourth-order valence-corrected chi connectivity index (χ4v) is 4.40. The second-order valence-electron chi connectivity index (χ2n) is 8.86. The van der Waals surface area contributed by atoms with Gasteiger partial charge < -0.3 is 21.5 Å². The zero-order valence-corrected chi connectivity index (χ0v) is 19.0. The van der Waals surface area contributed by atoms with Crippen LogP contribution in [0.3, 0.4) is 0 Å². The number of aliphatic carboxylic acids is 1. The number of Topliss-reactive ketones (excluding diaryl/α,β-unsaturated/α-hetero) is 1. The summed E-state index contributed by atoms with van der Waals surface area (Å²) in [7, 11) is 0. The van der Waals surface area contributed by atoms with Crippen LogP contribution in [0, 0.1) is 0 Å². The molecular weight excluding hydrogens is 382 g/mol. The van der Waals surface area contributed by atoms with Crippen LogP contribution in [0.5, 0.6) is 0 Å². The van der Waals surface area contributed by atoms with Gasteiger partial charge in [-0.25, -0.2) is 4.79 Å². The second-order valence-corrected chi connectivity index (χ2v) is 8.86. The zero-order chi connectivity index (χ0) is 22.6. The van der Waals surface area contributed by atoms with E-state index in [1.54, 1.807) is 0 Å². The van der Waals surface area contributed by atoms with Gasteiger partial charge in [0, 0.05) is 31.5 Å². The molecule has 1 heterocycles. The van der Waals surface area contributed by atoms with Crippen LogP contribution in [0.25, 0.3) is 0 Å². The van der Waals surface area contributed by atoms with E-state index in [4.69, 9.17) is 11.5 Å². The van der Waals surface area contributed by atoms with Gasteiger partial charge in [0.1, 0.15) is 0 Å². The highest BCUT2D eigenvalue weighted by atomic mass is 16.4. The van der Waals surface area contributed by atoms with Crippen molar-refractivity contribution in [2.75, 3.05) is 6.54 Å². The van der Waals surface area contributed by atoms with Crippen LogP contribution >= 0.6 is 0 Å². The topological polar surface area (TPSA) is 127 Å². The molecule has 1 amide bonds. The van der Waals surface area contributed by atoms with Gasteiger partial charge in [0.05, 0.1) is 0 Å². The number of amides is 1. The number of rotatable bonds is 16.